The third-order valence-corrected chi connectivity index (χ3v) is 3.41. The van der Waals surface area contributed by atoms with Gasteiger partial charge < -0.3 is 9.47 Å². The molecule has 0 saturated carbocycles. The van der Waals surface area contributed by atoms with Crippen LogP contribution in [0.3, 0.4) is 0 Å². The van der Waals surface area contributed by atoms with Crippen molar-refractivity contribution in [1.29, 1.82) is 0 Å². The molecule has 0 bridgehead atoms. The smallest absolute Gasteiger partial charge is 0.269 e. The van der Waals surface area contributed by atoms with E-state index in [4.69, 9.17) is 9.47 Å². The number of H-pyrrole nitrogens is 1. The summed E-state index contributed by atoms with van der Waals surface area (Å²) in [6.07, 6.45) is 0. The molecule has 0 unspecified atom stereocenters. The Balaban J connectivity index is 2.16. The molecule has 0 amide bonds. The summed E-state index contributed by atoms with van der Waals surface area (Å²) in [6, 6.07) is 9.82. The fourth-order valence-electron chi connectivity index (χ4n) is 2.32. The maximum Gasteiger partial charge on any atom is 0.269 e. The molecular weight excluding hydrogens is 286 g/mol. The highest BCUT2D eigenvalue weighted by molar-refractivity contribution is 5.98. The van der Waals surface area contributed by atoms with Crippen LogP contribution in [-0.4, -0.2) is 29.3 Å². The molecule has 0 fully saturated rings. The number of methoxy groups -OCH3 is 2. The van der Waals surface area contributed by atoms with Crippen LogP contribution in [0.1, 0.15) is 0 Å². The van der Waals surface area contributed by atoms with Crippen LogP contribution in [0.4, 0.5) is 5.69 Å². The van der Waals surface area contributed by atoms with Gasteiger partial charge in [-0.15, -0.1) is 0 Å². The Morgan fingerprint density at radius 1 is 1.14 bits per heavy atom. The molecule has 7 heteroatoms. The maximum atomic E-state index is 10.7. The number of nitrogens with one attached hydrogen (secondary N) is 1. The number of nitrogens with zero attached hydrogens (tertiary/aromatic N) is 2. The monoisotopic (exact) mass is 299 g/mol. The van der Waals surface area contributed by atoms with Gasteiger partial charge in [-0.3, -0.25) is 15.2 Å². The lowest BCUT2D eigenvalue weighted by Crippen LogP contribution is -1.89. The fourth-order valence-corrected chi connectivity index (χ4v) is 2.32. The van der Waals surface area contributed by atoms with Gasteiger partial charge in [0.05, 0.1) is 30.0 Å². The number of benzene rings is 2. The fraction of sp³-hybridized carbons (Fsp3) is 0.133. The Bertz CT molecular complexity index is 840. The van der Waals surface area contributed by atoms with Crippen LogP contribution in [0, 0.1) is 10.1 Å². The van der Waals surface area contributed by atoms with Crippen molar-refractivity contribution in [2.45, 2.75) is 0 Å². The number of aromatic amines is 1. The second-order valence-electron chi connectivity index (χ2n) is 4.63. The van der Waals surface area contributed by atoms with Gasteiger partial charge in [-0.2, -0.15) is 5.10 Å². The van der Waals surface area contributed by atoms with Crippen molar-refractivity contribution >= 4 is 16.6 Å². The molecule has 112 valence electrons. The van der Waals surface area contributed by atoms with Crippen molar-refractivity contribution < 1.29 is 14.4 Å². The summed E-state index contributed by atoms with van der Waals surface area (Å²) in [7, 11) is 3.15. The van der Waals surface area contributed by atoms with Crippen LogP contribution in [-0.2, 0) is 0 Å². The summed E-state index contributed by atoms with van der Waals surface area (Å²) < 4.78 is 10.6. The molecule has 3 aromatic rings. The van der Waals surface area contributed by atoms with Crippen LogP contribution in [0.25, 0.3) is 22.2 Å². The Labute approximate surface area is 125 Å². The molecule has 0 radical (unpaired) electrons. The number of rotatable bonds is 4. The number of ether oxygens (including phenoxy) is 2. The van der Waals surface area contributed by atoms with E-state index in [0.717, 1.165) is 16.5 Å². The summed E-state index contributed by atoms with van der Waals surface area (Å²) in [5.41, 5.74) is 2.24. The minimum absolute atomic E-state index is 0.0391. The third-order valence-electron chi connectivity index (χ3n) is 3.41. The molecule has 1 heterocycles. The molecule has 1 N–H and O–H groups in total. The molecule has 0 aliphatic rings. The summed E-state index contributed by atoms with van der Waals surface area (Å²) in [6.45, 7) is 0. The first-order chi connectivity index (χ1) is 10.6. The number of fused-ring (bicyclic) bond motifs is 1. The Morgan fingerprint density at radius 3 is 2.45 bits per heavy atom. The molecule has 0 aliphatic heterocycles. The summed E-state index contributed by atoms with van der Waals surface area (Å²) in [5.74, 6) is 1.28. The molecule has 0 aliphatic carbocycles. The highest BCUT2D eigenvalue weighted by Crippen LogP contribution is 2.37. The van der Waals surface area contributed by atoms with Crippen LogP contribution < -0.4 is 9.47 Å². The predicted molar refractivity (Wildman–Crippen MR) is 81.3 cm³/mol. The zero-order chi connectivity index (χ0) is 15.7. The number of aromatic nitrogens is 2. The highest BCUT2D eigenvalue weighted by Gasteiger charge is 2.15. The first-order valence-corrected chi connectivity index (χ1v) is 6.49. The molecule has 22 heavy (non-hydrogen) atoms. The van der Waals surface area contributed by atoms with Crippen molar-refractivity contribution in [3.63, 3.8) is 0 Å². The van der Waals surface area contributed by atoms with Gasteiger partial charge in [-0.1, -0.05) is 0 Å². The van der Waals surface area contributed by atoms with Crippen molar-refractivity contribution in [2.24, 2.45) is 0 Å². The topological polar surface area (TPSA) is 90.3 Å². The first-order valence-electron chi connectivity index (χ1n) is 6.49. The SMILES string of the molecule is COc1cc(OC)c2c(-c3ccc([N+](=O)[O-])cc3)n[nH]c2c1. The molecule has 0 atom stereocenters. The molecule has 0 saturated heterocycles. The molecule has 2 aromatic carbocycles. The summed E-state index contributed by atoms with van der Waals surface area (Å²) >= 11 is 0. The van der Waals surface area contributed by atoms with Crippen LogP contribution in [0.5, 0.6) is 11.5 Å². The Kier molecular flexibility index (Phi) is 3.38. The summed E-state index contributed by atoms with van der Waals surface area (Å²) in [5, 5.41) is 18.8. The van der Waals surface area contributed by atoms with E-state index in [9.17, 15) is 10.1 Å². The van der Waals surface area contributed by atoms with Gasteiger partial charge in [-0.05, 0) is 12.1 Å². The number of nitro benzene ring substituents is 1. The normalized spacial score (nSPS) is 10.6. The minimum Gasteiger partial charge on any atom is -0.497 e. The lowest BCUT2D eigenvalue weighted by Gasteiger charge is -2.06. The highest BCUT2D eigenvalue weighted by atomic mass is 16.6. The van der Waals surface area contributed by atoms with Gasteiger partial charge in [-0.25, -0.2) is 0 Å². The Morgan fingerprint density at radius 2 is 1.86 bits per heavy atom. The average Bonchev–Trinajstić information content (AvgIpc) is 2.97. The van der Waals surface area contributed by atoms with E-state index >= 15 is 0 Å². The number of nitro groups is 1. The minimum atomic E-state index is -0.433. The van der Waals surface area contributed by atoms with Crippen LogP contribution >= 0.6 is 0 Å². The first kappa shape index (κ1) is 13.9. The van der Waals surface area contributed by atoms with Gasteiger partial charge in [0, 0.05) is 29.8 Å². The van der Waals surface area contributed by atoms with Gasteiger partial charge >= 0.3 is 0 Å². The zero-order valence-corrected chi connectivity index (χ0v) is 12.0. The van der Waals surface area contributed by atoms with Crippen LogP contribution in [0.15, 0.2) is 36.4 Å². The predicted octanol–water partition coefficient (Wildman–Crippen LogP) is 3.16. The van der Waals surface area contributed by atoms with E-state index in [1.165, 1.54) is 12.1 Å². The third kappa shape index (κ3) is 2.22. The maximum absolute atomic E-state index is 10.7. The van der Waals surface area contributed by atoms with E-state index < -0.39 is 4.92 Å². The van der Waals surface area contributed by atoms with Crippen molar-refractivity contribution in [1.82, 2.24) is 10.2 Å². The van der Waals surface area contributed by atoms with Crippen molar-refractivity contribution in [3.8, 4) is 22.8 Å². The van der Waals surface area contributed by atoms with E-state index in [2.05, 4.69) is 10.2 Å². The van der Waals surface area contributed by atoms with Gasteiger partial charge in [0.25, 0.3) is 5.69 Å². The largest absolute Gasteiger partial charge is 0.497 e. The molecular formula is C15H13N3O4. The lowest BCUT2D eigenvalue weighted by molar-refractivity contribution is -0.384. The van der Waals surface area contributed by atoms with Gasteiger partial charge in [0.2, 0.25) is 0 Å². The molecule has 0 spiro atoms. The van der Waals surface area contributed by atoms with Gasteiger partial charge in [0.15, 0.2) is 0 Å². The lowest BCUT2D eigenvalue weighted by atomic mass is 10.1. The summed E-state index contributed by atoms with van der Waals surface area (Å²) in [4.78, 5) is 10.3. The quantitative estimate of drug-likeness (QED) is 0.590. The van der Waals surface area contributed by atoms with Crippen molar-refractivity contribution in [3.05, 3.63) is 46.5 Å². The molecule has 1 aromatic heterocycles. The standard InChI is InChI=1S/C15H13N3O4/c1-21-11-7-12-14(13(8-11)22-2)15(17-16-12)9-3-5-10(6-4-9)18(19)20/h3-8H,1-2H3,(H,16,17). The second kappa shape index (κ2) is 5.36. The number of hydrogen-bond donors (Lipinski definition) is 1. The number of hydrogen-bond acceptors (Lipinski definition) is 5. The van der Waals surface area contributed by atoms with E-state index in [1.54, 1.807) is 32.4 Å². The average molecular weight is 299 g/mol. The van der Waals surface area contributed by atoms with Gasteiger partial charge in [0.1, 0.15) is 17.2 Å². The van der Waals surface area contributed by atoms with Crippen molar-refractivity contribution in [2.75, 3.05) is 14.2 Å². The number of non-ortho nitro benzene ring substituents is 1. The second-order valence-corrected chi connectivity index (χ2v) is 4.63. The van der Waals surface area contributed by atoms with E-state index in [1.807, 2.05) is 6.07 Å². The van der Waals surface area contributed by atoms with E-state index in [-0.39, 0.29) is 5.69 Å². The molecule has 3 rings (SSSR count). The van der Waals surface area contributed by atoms with E-state index in [0.29, 0.717) is 17.2 Å². The molecule has 7 nitrogen and oxygen atoms in total. The zero-order valence-electron chi connectivity index (χ0n) is 12.0. The Hall–Kier alpha value is -3.09. The van der Waals surface area contributed by atoms with Crippen LogP contribution in [0.2, 0.25) is 0 Å².